The Kier molecular flexibility index (Phi) is 4.62. The summed E-state index contributed by atoms with van der Waals surface area (Å²) in [6.07, 6.45) is -0.970. The molecule has 8 nitrogen and oxygen atoms in total. The van der Waals surface area contributed by atoms with Gasteiger partial charge in [-0.2, -0.15) is 0 Å². The number of esters is 1. The molecule has 150 valence electrons. The predicted molar refractivity (Wildman–Crippen MR) is 104 cm³/mol. The van der Waals surface area contributed by atoms with Crippen LogP contribution in [0.1, 0.15) is 13.8 Å². The van der Waals surface area contributed by atoms with Gasteiger partial charge in [0.25, 0.3) is 5.91 Å². The fraction of sp³-hybridized carbons (Fsp3) is 0.286. The van der Waals surface area contributed by atoms with Crippen molar-refractivity contribution in [2.45, 2.75) is 25.5 Å². The number of rotatable bonds is 3. The summed E-state index contributed by atoms with van der Waals surface area (Å²) < 4.78 is 16.3. The maximum atomic E-state index is 12.9. The van der Waals surface area contributed by atoms with Gasteiger partial charge in [0.05, 0.1) is 11.4 Å². The summed E-state index contributed by atoms with van der Waals surface area (Å²) in [6.45, 7) is 2.73. The Labute approximate surface area is 167 Å². The summed E-state index contributed by atoms with van der Waals surface area (Å²) in [5, 5.41) is 2.78. The van der Waals surface area contributed by atoms with E-state index in [1.807, 2.05) is 0 Å². The highest BCUT2D eigenvalue weighted by Gasteiger charge is 2.44. The molecule has 2 aromatic rings. The zero-order valence-electron chi connectivity index (χ0n) is 16.0. The van der Waals surface area contributed by atoms with Crippen molar-refractivity contribution >= 4 is 29.2 Å². The summed E-state index contributed by atoms with van der Waals surface area (Å²) >= 11 is 0. The Hall–Kier alpha value is -3.55. The predicted octanol–water partition coefficient (Wildman–Crippen LogP) is 2.13. The van der Waals surface area contributed by atoms with Crippen molar-refractivity contribution in [2.24, 2.45) is 0 Å². The third kappa shape index (κ3) is 3.37. The Balaban J connectivity index is 1.46. The molecule has 1 atom stereocenters. The summed E-state index contributed by atoms with van der Waals surface area (Å²) in [6, 6.07) is 14.0. The highest BCUT2D eigenvalue weighted by atomic mass is 16.6. The standard InChI is InChI=1S/C21H20N2O6/c1-21(2)20(26)22-13-7-3-4-8-14(13)23(21)18(24)12-28-19(25)17-11-27-15-9-5-6-10-16(15)29-17/h3-10,17H,11-12H2,1-2H3,(H,22,26). The minimum absolute atomic E-state index is 0.00944. The van der Waals surface area contributed by atoms with Gasteiger partial charge in [-0.3, -0.25) is 14.5 Å². The first kappa shape index (κ1) is 18.8. The number of ether oxygens (including phenoxy) is 3. The van der Waals surface area contributed by atoms with Gasteiger partial charge in [0, 0.05) is 0 Å². The number of amides is 2. The molecule has 1 unspecified atom stereocenters. The van der Waals surface area contributed by atoms with Gasteiger partial charge >= 0.3 is 5.97 Å². The first-order chi connectivity index (χ1) is 13.9. The Bertz CT molecular complexity index is 987. The molecular weight excluding hydrogens is 376 g/mol. The van der Waals surface area contributed by atoms with E-state index >= 15 is 0 Å². The monoisotopic (exact) mass is 396 g/mol. The molecule has 0 bridgehead atoms. The molecule has 0 saturated heterocycles. The summed E-state index contributed by atoms with van der Waals surface area (Å²) in [5.41, 5.74) is -0.0669. The van der Waals surface area contributed by atoms with Crippen LogP contribution in [0.5, 0.6) is 11.5 Å². The number of nitrogens with one attached hydrogen (secondary N) is 1. The quantitative estimate of drug-likeness (QED) is 0.799. The van der Waals surface area contributed by atoms with Crippen LogP contribution < -0.4 is 19.7 Å². The molecule has 0 radical (unpaired) electrons. The molecule has 2 heterocycles. The van der Waals surface area contributed by atoms with Crippen molar-refractivity contribution in [3.05, 3.63) is 48.5 Å². The number of fused-ring (bicyclic) bond motifs is 2. The van der Waals surface area contributed by atoms with Crippen LogP contribution in [-0.4, -0.2) is 42.6 Å². The van der Waals surface area contributed by atoms with Gasteiger partial charge in [-0.1, -0.05) is 24.3 Å². The highest BCUT2D eigenvalue weighted by molar-refractivity contribution is 6.14. The molecule has 2 aliphatic rings. The van der Waals surface area contributed by atoms with Crippen LogP contribution in [0.4, 0.5) is 11.4 Å². The van der Waals surface area contributed by atoms with Gasteiger partial charge in [0.2, 0.25) is 12.0 Å². The maximum absolute atomic E-state index is 12.9. The van der Waals surface area contributed by atoms with Crippen molar-refractivity contribution in [1.29, 1.82) is 0 Å². The molecule has 0 saturated carbocycles. The highest BCUT2D eigenvalue weighted by Crippen LogP contribution is 2.36. The van der Waals surface area contributed by atoms with Crippen molar-refractivity contribution in [3.63, 3.8) is 0 Å². The van der Waals surface area contributed by atoms with Gasteiger partial charge in [-0.25, -0.2) is 4.79 Å². The van der Waals surface area contributed by atoms with Gasteiger partial charge in [-0.05, 0) is 38.1 Å². The number of benzene rings is 2. The minimum atomic E-state index is -1.14. The zero-order chi connectivity index (χ0) is 20.6. The summed E-state index contributed by atoms with van der Waals surface area (Å²) in [7, 11) is 0. The van der Waals surface area contributed by atoms with E-state index in [1.54, 1.807) is 62.4 Å². The number of anilines is 2. The lowest BCUT2D eigenvalue weighted by atomic mass is 9.96. The van der Waals surface area contributed by atoms with Crippen LogP contribution >= 0.6 is 0 Å². The topological polar surface area (TPSA) is 94.2 Å². The zero-order valence-corrected chi connectivity index (χ0v) is 16.0. The Morgan fingerprint density at radius 1 is 1.14 bits per heavy atom. The van der Waals surface area contributed by atoms with Crippen LogP contribution in [0.15, 0.2) is 48.5 Å². The summed E-state index contributed by atoms with van der Waals surface area (Å²) in [5.74, 6) is -0.556. The van der Waals surface area contributed by atoms with E-state index in [0.717, 1.165) is 0 Å². The molecule has 0 fully saturated rings. The van der Waals surface area contributed by atoms with Crippen molar-refractivity contribution in [2.75, 3.05) is 23.4 Å². The third-order valence-corrected chi connectivity index (χ3v) is 4.87. The third-order valence-electron chi connectivity index (χ3n) is 4.87. The van der Waals surface area contributed by atoms with Crippen molar-refractivity contribution < 1.29 is 28.6 Å². The van der Waals surface area contributed by atoms with Gasteiger partial charge < -0.3 is 19.5 Å². The normalized spacial score (nSPS) is 19.0. The average Bonchev–Trinajstić information content (AvgIpc) is 2.72. The van der Waals surface area contributed by atoms with Crippen molar-refractivity contribution in [3.8, 4) is 11.5 Å². The van der Waals surface area contributed by atoms with Crippen LogP contribution in [0.25, 0.3) is 0 Å². The number of nitrogens with zero attached hydrogens (tertiary/aromatic N) is 1. The second-order valence-corrected chi connectivity index (χ2v) is 7.23. The van der Waals surface area contributed by atoms with E-state index in [-0.39, 0.29) is 12.5 Å². The number of para-hydroxylation sites is 4. The lowest BCUT2D eigenvalue weighted by Gasteiger charge is -2.41. The minimum Gasteiger partial charge on any atom is -0.485 e. The summed E-state index contributed by atoms with van der Waals surface area (Å²) in [4.78, 5) is 39.1. The molecule has 1 N–H and O–H groups in total. The van der Waals surface area contributed by atoms with E-state index < -0.39 is 30.1 Å². The molecule has 0 aliphatic carbocycles. The SMILES string of the molecule is CC1(C)C(=O)Nc2ccccc2N1C(=O)COC(=O)C1COc2ccccc2O1. The van der Waals surface area contributed by atoms with Gasteiger partial charge in [0.15, 0.2) is 18.1 Å². The van der Waals surface area contributed by atoms with Gasteiger partial charge in [-0.15, -0.1) is 0 Å². The van der Waals surface area contributed by atoms with E-state index in [1.165, 1.54) is 4.90 Å². The molecule has 2 amide bonds. The molecule has 2 aliphatic heterocycles. The van der Waals surface area contributed by atoms with Crippen LogP contribution in [-0.2, 0) is 19.1 Å². The van der Waals surface area contributed by atoms with Crippen LogP contribution in [0, 0.1) is 0 Å². The molecule has 0 aromatic heterocycles. The first-order valence-electron chi connectivity index (χ1n) is 9.16. The number of hydrogen-bond acceptors (Lipinski definition) is 6. The molecule has 0 spiro atoms. The first-order valence-corrected chi connectivity index (χ1v) is 9.16. The lowest BCUT2D eigenvalue weighted by Crippen LogP contribution is -2.59. The Morgan fingerprint density at radius 2 is 1.83 bits per heavy atom. The molecule has 29 heavy (non-hydrogen) atoms. The molecular formula is C21H20N2O6. The lowest BCUT2D eigenvalue weighted by molar-refractivity contribution is -0.157. The second kappa shape index (κ2) is 7.12. The van der Waals surface area contributed by atoms with Crippen LogP contribution in [0.2, 0.25) is 0 Å². The van der Waals surface area contributed by atoms with E-state index in [2.05, 4.69) is 5.32 Å². The van der Waals surface area contributed by atoms with Crippen LogP contribution in [0.3, 0.4) is 0 Å². The molecule has 4 rings (SSSR count). The second-order valence-electron chi connectivity index (χ2n) is 7.23. The fourth-order valence-electron chi connectivity index (χ4n) is 3.32. The van der Waals surface area contributed by atoms with E-state index in [4.69, 9.17) is 14.2 Å². The largest absolute Gasteiger partial charge is 0.485 e. The molecule has 8 heteroatoms. The maximum Gasteiger partial charge on any atom is 0.351 e. The fourth-order valence-corrected chi connectivity index (χ4v) is 3.32. The molecule has 2 aromatic carbocycles. The number of carbonyl (C=O) groups excluding carboxylic acids is 3. The number of carbonyl (C=O) groups is 3. The Morgan fingerprint density at radius 3 is 2.62 bits per heavy atom. The van der Waals surface area contributed by atoms with E-state index in [9.17, 15) is 14.4 Å². The van der Waals surface area contributed by atoms with Crippen molar-refractivity contribution in [1.82, 2.24) is 0 Å². The smallest absolute Gasteiger partial charge is 0.351 e. The average molecular weight is 396 g/mol. The van der Waals surface area contributed by atoms with Gasteiger partial charge in [0.1, 0.15) is 12.1 Å². The van der Waals surface area contributed by atoms with E-state index in [0.29, 0.717) is 22.9 Å². The number of hydrogen-bond donors (Lipinski definition) is 1.